The van der Waals surface area contributed by atoms with Crippen molar-refractivity contribution in [1.29, 1.82) is 0 Å². The summed E-state index contributed by atoms with van der Waals surface area (Å²) in [6, 6.07) is 17.8. The summed E-state index contributed by atoms with van der Waals surface area (Å²) < 4.78 is 10.5. The van der Waals surface area contributed by atoms with Crippen molar-refractivity contribution in [3.05, 3.63) is 77.9 Å². The number of β-lactam (4-membered cyclic amide) rings is 1. The zero-order valence-corrected chi connectivity index (χ0v) is 22.8. The average molecular weight is 533 g/mol. The van der Waals surface area contributed by atoms with E-state index in [4.69, 9.17) is 9.47 Å². The molecule has 2 aliphatic heterocycles. The highest BCUT2D eigenvalue weighted by Gasteiger charge is 2.59. The van der Waals surface area contributed by atoms with E-state index in [9.17, 15) is 19.2 Å². The quantitative estimate of drug-likeness (QED) is 0.390. The second-order valence-corrected chi connectivity index (χ2v) is 11.0. The highest BCUT2D eigenvalue weighted by molar-refractivity contribution is 5.97. The Labute approximate surface area is 229 Å². The Bertz CT molecular complexity index is 1220. The standard InChI is InChI=1S/C31H36N2O6/c1-31(2,3)39-30(37)24(17-18-25(34)38-4)33-23(16-15-20-11-7-5-8-12-20)27(29(33)36)26-22(19-32-28(26)35)21-13-9-6-10-14-21/h5-16,22-24,26-27H,17-19H2,1-4H3,(H,32,35)/t22-,23-,24+,26?,27-/m1/s1. The molecule has 2 aromatic rings. The number of amides is 2. The third kappa shape index (κ3) is 6.38. The molecule has 206 valence electrons. The fourth-order valence-electron chi connectivity index (χ4n) is 5.44. The molecule has 0 aromatic heterocycles. The van der Waals surface area contributed by atoms with Gasteiger partial charge in [-0.2, -0.15) is 0 Å². The number of nitrogens with zero attached hydrogens (tertiary/aromatic N) is 1. The van der Waals surface area contributed by atoms with E-state index >= 15 is 0 Å². The zero-order chi connectivity index (χ0) is 28.2. The maximum Gasteiger partial charge on any atom is 0.329 e. The van der Waals surface area contributed by atoms with Gasteiger partial charge in [0.2, 0.25) is 11.8 Å². The summed E-state index contributed by atoms with van der Waals surface area (Å²) in [4.78, 5) is 53.9. The largest absolute Gasteiger partial charge is 0.469 e. The molecular formula is C31H36N2O6. The van der Waals surface area contributed by atoms with Crippen molar-refractivity contribution < 1.29 is 28.7 Å². The van der Waals surface area contributed by atoms with Crippen LogP contribution in [-0.4, -0.2) is 60.0 Å². The smallest absolute Gasteiger partial charge is 0.329 e. The van der Waals surface area contributed by atoms with E-state index in [-0.39, 0.29) is 30.6 Å². The number of hydrogen-bond donors (Lipinski definition) is 1. The minimum Gasteiger partial charge on any atom is -0.469 e. The number of nitrogens with one attached hydrogen (secondary N) is 1. The van der Waals surface area contributed by atoms with Crippen LogP contribution in [0.5, 0.6) is 0 Å². The van der Waals surface area contributed by atoms with E-state index in [0.717, 1.165) is 11.1 Å². The zero-order valence-electron chi connectivity index (χ0n) is 22.8. The van der Waals surface area contributed by atoms with E-state index in [1.54, 1.807) is 20.8 Å². The Morgan fingerprint density at radius 2 is 1.67 bits per heavy atom. The summed E-state index contributed by atoms with van der Waals surface area (Å²) in [6.07, 6.45) is 3.77. The molecule has 5 atom stereocenters. The van der Waals surface area contributed by atoms with Crippen molar-refractivity contribution >= 4 is 29.8 Å². The van der Waals surface area contributed by atoms with Crippen LogP contribution in [-0.2, 0) is 28.7 Å². The number of benzene rings is 2. The number of hydrogen-bond acceptors (Lipinski definition) is 6. The lowest BCUT2D eigenvalue weighted by Crippen LogP contribution is -2.68. The minimum atomic E-state index is -1.00. The third-order valence-corrected chi connectivity index (χ3v) is 7.23. The predicted octanol–water partition coefficient (Wildman–Crippen LogP) is 3.72. The van der Waals surface area contributed by atoms with Crippen LogP contribution in [0, 0.1) is 11.8 Å². The van der Waals surface area contributed by atoms with E-state index in [0.29, 0.717) is 6.54 Å². The minimum absolute atomic E-state index is 0.0503. The van der Waals surface area contributed by atoms with Crippen molar-refractivity contribution in [3.63, 3.8) is 0 Å². The first-order chi connectivity index (χ1) is 18.6. The van der Waals surface area contributed by atoms with Gasteiger partial charge in [0, 0.05) is 18.9 Å². The summed E-state index contributed by atoms with van der Waals surface area (Å²) in [5, 5.41) is 2.94. The molecule has 4 rings (SSSR count). The molecule has 1 N–H and O–H groups in total. The predicted molar refractivity (Wildman–Crippen MR) is 146 cm³/mol. The summed E-state index contributed by atoms with van der Waals surface area (Å²) in [7, 11) is 1.28. The maximum atomic E-state index is 13.9. The number of carbonyl (C=O) groups is 4. The lowest BCUT2D eigenvalue weighted by atomic mass is 9.70. The van der Waals surface area contributed by atoms with Crippen molar-refractivity contribution in [2.75, 3.05) is 13.7 Å². The van der Waals surface area contributed by atoms with E-state index in [2.05, 4.69) is 5.32 Å². The molecule has 2 amide bonds. The molecule has 2 aliphatic rings. The SMILES string of the molecule is COC(=O)CC[C@@H](C(=O)OC(C)(C)C)N1C(=O)[C@@H](C2C(=O)NC[C@@H]2c2ccccc2)[C@H]1C=Cc1ccccc1. The highest BCUT2D eigenvalue weighted by atomic mass is 16.6. The van der Waals surface area contributed by atoms with E-state index in [1.165, 1.54) is 12.0 Å². The lowest BCUT2D eigenvalue weighted by Gasteiger charge is -2.51. The van der Waals surface area contributed by atoms with Crippen LogP contribution in [0.25, 0.3) is 6.08 Å². The van der Waals surface area contributed by atoms with Gasteiger partial charge in [0.25, 0.3) is 0 Å². The topological polar surface area (TPSA) is 102 Å². The number of esters is 2. The molecule has 2 saturated heterocycles. The van der Waals surface area contributed by atoms with Crippen LogP contribution in [0.1, 0.15) is 50.7 Å². The third-order valence-electron chi connectivity index (χ3n) is 7.23. The van der Waals surface area contributed by atoms with E-state index in [1.807, 2.05) is 72.8 Å². The first-order valence-corrected chi connectivity index (χ1v) is 13.3. The summed E-state index contributed by atoms with van der Waals surface area (Å²) in [5.41, 5.74) is 1.12. The molecule has 39 heavy (non-hydrogen) atoms. The van der Waals surface area contributed by atoms with Gasteiger partial charge in [0.15, 0.2) is 0 Å². The van der Waals surface area contributed by atoms with Gasteiger partial charge in [0.1, 0.15) is 11.6 Å². The average Bonchev–Trinajstić information content (AvgIpc) is 3.28. The highest BCUT2D eigenvalue weighted by Crippen LogP contribution is 2.45. The number of methoxy groups -OCH3 is 1. The Kier molecular flexibility index (Phi) is 8.53. The summed E-state index contributed by atoms with van der Waals surface area (Å²) in [6.45, 7) is 5.69. The van der Waals surface area contributed by atoms with Gasteiger partial charge in [-0.05, 0) is 38.3 Å². The molecule has 1 unspecified atom stereocenters. The van der Waals surface area contributed by atoms with Gasteiger partial charge in [-0.15, -0.1) is 0 Å². The normalized spacial score (nSPS) is 23.7. The molecule has 2 aromatic carbocycles. The molecule has 8 nitrogen and oxygen atoms in total. The van der Waals surface area contributed by atoms with Crippen LogP contribution in [0.3, 0.4) is 0 Å². The van der Waals surface area contributed by atoms with Gasteiger partial charge in [-0.3, -0.25) is 14.4 Å². The van der Waals surface area contributed by atoms with Crippen molar-refractivity contribution in [3.8, 4) is 0 Å². The second-order valence-electron chi connectivity index (χ2n) is 11.0. The van der Waals surface area contributed by atoms with Gasteiger partial charge >= 0.3 is 11.9 Å². The Morgan fingerprint density at radius 3 is 2.28 bits per heavy atom. The summed E-state index contributed by atoms with van der Waals surface area (Å²) >= 11 is 0. The summed E-state index contributed by atoms with van der Waals surface area (Å²) in [5.74, 6) is -3.00. The van der Waals surface area contributed by atoms with Gasteiger partial charge in [-0.25, -0.2) is 4.79 Å². The second kappa shape index (κ2) is 11.8. The number of likely N-dealkylation sites (tertiary alicyclic amines) is 1. The van der Waals surface area contributed by atoms with Gasteiger partial charge in [-0.1, -0.05) is 72.8 Å². The van der Waals surface area contributed by atoms with Crippen LogP contribution >= 0.6 is 0 Å². The maximum absolute atomic E-state index is 13.9. The van der Waals surface area contributed by atoms with Crippen molar-refractivity contribution in [2.24, 2.45) is 11.8 Å². The van der Waals surface area contributed by atoms with Gasteiger partial charge < -0.3 is 19.7 Å². The molecule has 2 heterocycles. The molecule has 0 spiro atoms. The molecule has 8 heteroatoms. The van der Waals surface area contributed by atoms with Crippen LogP contribution in [0.15, 0.2) is 66.7 Å². The Morgan fingerprint density at radius 1 is 1.03 bits per heavy atom. The van der Waals surface area contributed by atoms with Crippen molar-refractivity contribution in [1.82, 2.24) is 10.2 Å². The number of rotatable bonds is 9. The molecule has 0 bridgehead atoms. The van der Waals surface area contributed by atoms with Crippen LogP contribution in [0.4, 0.5) is 0 Å². The fourth-order valence-corrected chi connectivity index (χ4v) is 5.44. The number of carbonyl (C=O) groups excluding carboxylic acids is 4. The van der Waals surface area contributed by atoms with E-state index < -0.39 is 41.5 Å². The van der Waals surface area contributed by atoms with Gasteiger partial charge in [0.05, 0.1) is 25.0 Å². The Hall–Kier alpha value is -3.94. The Balaban J connectivity index is 1.71. The molecule has 0 saturated carbocycles. The molecule has 0 radical (unpaired) electrons. The van der Waals surface area contributed by atoms with Crippen molar-refractivity contribution in [2.45, 2.75) is 57.2 Å². The molecular weight excluding hydrogens is 496 g/mol. The van der Waals surface area contributed by atoms with Crippen LogP contribution < -0.4 is 5.32 Å². The first-order valence-electron chi connectivity index (χ1n) is 13.3. The first kappa shape index (κ1) is 28.1. The monoisotopic (exact) mass is 532 g/mol. The van der Waals surface area contributed by atoms with Crippen LogP contribution in [0.2, 0.25) is 0 Å². The lowest BCUT2D eigenvalue weighted by molar-refractivity contribution is -0.179. The molecule has 0 aliphatic carbocycles. The fraction of sp³-hybridized carbons (Fsp3) is 0.419. The molecule has 2 fully saturated rings. The number of ether oxygens (including phenoxy) is 2.